The van der Waals surface area contributed by atoms with Gasteiger partial charge in [0.25, 0.3) is 0 Å². The van der Waals surface area contributed by atoms with Gasteiger partial charge in [-0.05, 0) is 65.9 Å². The molecule has 3 atom stereocenters. The SMILES string of the molecule is CC(=O)N1CC(c2ccc(NC(=O)Nc3ccc(O)cc3)cc2)CC1C(=O)NC(Cc1ccc(CCC(=O)O)cc1)C(=O)O. The highest BCUT2D eigenvalue weighted by Crippen LogP contribution is 2.33. The van der Waals surface area contributed by atoms with E-state index < -0.39 is 36.0 Å². The number of urea groups is 1. The topological polar surface area (TPSA) is 185 Å². The lowest BCUT2D eigenvalue weighted by Gasteiger charge is -2.24. The molecule has 1 aliphatic rings. The summed E-state index contributed by atoms with van der Waals surface area (Å²) in [5, 5.41) is 36.0. The quantitative estimate of drug-likeness (QED) is 0.180. The van der Waals surface area contributed by atoms with Crippen LogP contribution in [0.25, 0.3) is 0 Å². The van der Waals surface area contributed by atoms with Gasteiger partial charge in [-0.2, -0.15) is 0 Å². The standard InChI is InChI=1S/C32H34N4O8/c1-19(37)36-18-23(22-7-9-24(10-8-22)33-32(44)34-25-11-13-26(38)14-12-25)17-28(36)30(41)35-27(31(42)43)16-21-4-2-20(3-5-21)6-15-29(39)40/h2-5,7-14,23,27-28,38H,6,15-18H2,1H3,(H,35,41)(H,39,40)(H,42,43)(H2,33,34,44). The molecule has 1 saturated heterocycles. The van der Waals surface area contributed by atoms with Crippen LogP contribution in [-0.2, 0) is 32.0 Å². The van der Waals surface area contributed by atoms with Crippen LogP contribution in [0.15, 0.2) is 72.8 Å². The molecule has 0 radical (unpaired) electrons. The largest absolute Gasteiger partial charge is 0.508 e. The smallest absolute Gasteiger partial charge is 0.326 e. The third kappa shape index (κ3) is 8.57. The number of aryl methyl sites for hydroxylation is 1. The molecule has 0 saturated carbocycles. The van der Waals surface area contributed by atoms with Gasteiger partial charge in [0, 0.05) is 43.6 Å². The van der Waals surface area contributed by atoms with Crippen LogP contribution in [0.2, 0.25) is 0 Å². The van der Waals surface area contributed by atoms with Crippen molar-refractivity contribution >= 4 is 41.2 Å². The van der Waals surface area contributed by atoms with Crippen molar-refractivity contribution in [2.24, 2.45) is 0 Å². The zero-order chi connectivity index (χ0) is 31.8. The lowest BCUT2D eigenvalue weighted by atomic mass is 9.95. The molecular weight excluding hydrogens is 568 g/mol. The van der Waals surface area contributed by atoms with Gasteiger partial charge in [-0.25, -0.2) is 9.59 Å². The highest BCUT2D eigenvalue weighted by atomic mass is 16.4. The maximum atomic E-state index is 13.3. The molecule has 0 spiro atoms. The van der Waals surface area contributed by atoms with Crippen LogP contribution in [0, 0.1) is 0 Å². The van der Waals surface area contributed by atoms with Crippen molar-refractivity contribution in [2.75, 3.05) is 17.2 Å². The molecule has 1 aliphatic heterocycles. The van der Waals surface area contributed by atoms with E-state index in [1.54, 1.807) is 60.7 Å². The Kier molecular flexibility index (Phi) is 10.2. The van der Waals surface area contributed by atoms with Crippen molar-refractivity contribution in [3.63, 3.8) is 0 Å². The molecule has 230 valence electrons. The molecule has 4 rings (SSSR count). The maximum absolute atomic E-state index is 13.3. The number of hydrogen-bond donors (Lipinski definition) is 6. The Hall–Kier alpha value is -5.39. The molecule has 12 nitrogen and oxygen atoms in total. The number of carboxylic acid groups (broad SMARTS) is 2. The van der Waals surface area contributed by atoms with Crippen molar-refractivity contribution in [3.05, 3.63) is 89.5 Å². The normalized spacial score (nSPS) is 16.5. The first-order valence-corrected chi connectivity index (χ1v) is 14.1. The van der Waals surface area contributed by atoms with Gasteiger partial charge in [0.15, 0.2) is 0 Å². The summed E-state index contributed by atoms with van der Waals surface area (Å²) in [4.78, 5) is 62.3. The molecule has 3 unspecified atom stereocenters. The van der Waals surface area contributed by atoms with E-state index in [1.807, 2.05) is 0 Å². The van der Waals surface area contributed by atoms with Crippen LogP contribution >= 0.6 is 0 Å². The fraction of sp³-hybridized carbons (Fsp3) is 0.281. The van der Waals surface area contributed by atoms with E-state index in [-0.39, 0.29) is 37.0 Å². The van der Waals surface area contributed by atoms with Gasteiger partial charge in [-0.1, -0.05) is 36.4 Å². The minimum absolute atomic E-state index is 0.0115. The van der Waals surface area contributed by atoms with E-state index in [4.69, 9.17) is 5.11 Å². The zero-order valence-corrected chi connectivity index (χ0v) is 24.0. The number of anilines is 2. The summed E-state index contributed by atoms with van der Waals surface area (Å²) in [5.74, 6) is -3.08. The average Bonchev–Trinajstić information content (AvgIpc) is 3.44. The summed E-state index contributed by atoms with van der Waals surface area (Å²) in [6.07, 6.45) is 0.659. The van der Waals surface area contributed by atoms with Gasteiger partial charge in [0.1, 0.15) is 17.8 Å². The molecule has 0 aromatic heterocycles. The van der Waals surface area contributed by atoms with Crippen molar-refractivity contribution < 1.29 is 39.3 Å². The Balaban J connectivity index is 1.36. The molecule has 44 heavy (non-hydrogen) atoms. The third-order valence-electron chi connectivity index (χ3n) is 7.48. The average molecular weight is 603 g/mol. The lowest BCUT2D eigenvalue weighted by Crippen LogP contribution is -2.51. The zero-order valence-electron chi connectivity index (χ0n) is 24.0. The van der Waals surface area contributed by atoms with Gasteiger partial charge in [0.05, 0.1) is 0 Å². The number of likely N-dealkylation sites (tertiary alicyclic amines) is 1. The Bertz CT molecular complexity index is 1510. The summed E-state index contributed by atoms with van der Waals surface area (Å²) in [5.41, 5.74) is 3.36. The molecule has 3 aromatic carbocycles. The number of rotatable bonds is 11. The molecule has 4 amide bonds. The van der Waals surface area contributed by atoms with E-state index in [9.17, 15) is 34.2 Å². The Labute approximate surface area is 253 Å². The first-order valence-electron chi connectivity index (χ1n) is 14.1. The molecule has 6 N–H and O–H groups in total. The summed E-state index contributed by atoms with van der Waals surface area (Å²) in [6, 6.07) is 17.4. The van der Waals surface area contributed by atoms with Crippen LogP contribution in [0.3, 0.4) is 0 Å². The van der Waals surface area contributed by atoms with Crippen molar-refractivity contribution in [1.29, 1.82) is 0 Å². The fourth-order valence-corrected chi connectivity index (χ4v) is 5.15. The minimum Gasteiger partial charge on any atom is -0.508 e. The highest BCUT2D eigenvalue weighted by Gasteiger charge is 2.40. The first kappa shape index (κ1) is 31.5. The number of phenols is 1. The fourth-order valence-electron chi connectivity index (χ4n) is 5.15. The predicted molar refractivity (Wildman–Crippen MR) is 161 cm³/mol. The first-order chi connectivity index (χ1) is 21.0. The lowest BCUT2D eigenvalue weighted by molar-refractivity contribution is -0.143. The van der Waals surface area contributed by atoms with Crippen LogP contribution < -0.4 is 16.0 Å². The second kappa shape index (κ2) is 14.2. The van der Waals surface area contributed by atoms with E-state index in [2.05, 4.69) is 16.0 Å². The number of carbonyl (C=O) groups is 5. The predicted octanol–water partition coefficient (Wildman–Crippen LogP) is 3.57. The number of carbonyl (C=O) groups excluding carboxylic acids is 3. The third-order valence-corrected chi connectivity index (χ3v) is 7.48. The maximum Gasteiger partial charge on any atom is 0.326 e. The number of phenolic OH excluding ortho intramolecular Hbond substituents is 1. The van der Waals surface area contributed by atoms with Gasteiger partial charge >= 0.3 is 18.0 Å². The summed E-state index contributed by atoms with van der Waals surface area (Å²) >= 11 is 0. The molecule has 12 heteroatoms. The van der Waals surface area contributed by atoms with Gasteiger partial charge < -0.3 is 36.2 Å². The number of aromatic hydroxyl groups is 1. The number of carboxylic acids is 2. The summed E-state index contributed by atoms with van der Waals surface area (Å²) in [7, 11) is 0. The molecule has 0 bridgehead atoms. The van der Waals surface area contributed by atoms with Crippen molar-refractivity contribution in [2.45, 2.75) is 50.6 Å². The molecule has 0 aliphatic carbocycles. The van der Waals surface area contributed by atoms with Crippen molar-refractivity contribution in [3.8, 4) is 5.75 Å². The van der Waals surface area contributed by atoms with Crippen molar-refractivity contribution in [1.82, 2.24) is 10.2 Å². The number of nitrogens with zero attached hydrogens (tertiary/aromatic N) is 1. The second-order valence-electron chi connectivity index (χ2n) is 10.7. The Morgan fingerprint density at radius 1 is 0.841 bits per heavy atom. The van der Waals surface area contributed by atoms with E-state index in [0.717, 1.165) is 11.1 Å². The Morgan fingerprint density at radius 3 is 1.95 bits per heavy atom. The van der Waals surface area contributed by atoms with Gasteiger partial charge in [0.2, 0.25) is 11.8 Å². The van der Waals surface area contributed by atoms with Gasteiger partial charge in [-0.3, -0.25) is 14.4 Å². The number of benzene rings is 3. The van der Waals surface area contributed by atoms with Gasteiger partial charge in [-0.15, -0.1) is 0 Å². The summed E-state index contributed by atoms with van der Waals surface area (Å²) < 4.78 is 0. The summed E-state index contributed by atoms with van der Waals surface area (Å²) in [6.45, 7) is 1.64. The monoisotopic (exact) mass is 602 g/mol. The number of amides is 4. The number of aliphatic carboxylic acids is 2. The molecule has 3 aromatic rings. The van der Waals surface area contributed by atoms with Crippen LogP contribution in [0.4, 0.5) is 16.2 Å². The van der Waals surface area contributed by atoms with E-state index in [1.165, 1.54) is 24.0 Å². The van der Waals surface area contributed by atoms with E-state index in [0.29, 0.717) is 29.8 Å². The van der Waals surface area contributed by atoms with Crippen LogP contribution in [-0.4, -0.2) is 68.6 Å². The number of hydrogen-bond acceptors (Lipinski definition) is 6. The molecule has 1 fully saturated rings. The van der Waals surface area contributed by atoms with Crippen LogP contribution in [0.1, 0.15) is 42.4 Å². The minimum atomic E-state index is -1.22. The Morgan fingerprint density at radius 2 is 1.41 bits per heavy atom. The molecule has 1 heterocycles. The molecular formula is C32H34N4O8. The second-order valence-corrected chi connectivity index (χ2v) is 10.7. The highest BCUT2D eigenvalue weighted by molar-refractivity contribution is 5.99. The van der Waals surface area contributed by atoms with E-state index >= 15 is 0 Å². The number of nitrogens with one attached hydrogen (secondary N) is 3. The van der Waals surface area contributed by atoms with Crippen LogP contribution in [0.5, 0.6) is 5.75 Å².